The summed E-state index contributed by atoms with van der Waals surface area (Å²) < 4.78 is 13.2. The molecule has 0 aliphatic rings. The summed E-state index contributed by atoms with van der Waals surface area (Å²) in [5, 5.41) is 2.84. The molecule has 0 fully saturated rings. The molecule has 5 heteroatoms. The molecular weight excluding hydrogens is 193 g/mol. The lowest BCUT2D eigenvalue weighted by Gasteiger charge is -2.05. The summed E-state index contributed by atoms with van der Waals surface area (Å²) in [4.78, 5) is 7.49. The van der Waals surface area contributed by atoms with Gasteiger partial charge in [-0.25, -0.2) is 14.4 Å². The van der Waals surface area contributed by atoms with Crippen molar-refractivity contribution in [3.05, 3.63) is 17.8 Å². The third-order valence-corrected chi connectivity index (χ3v) is 1.83. The molecule has 0 spiro atoms. The topological polar surface area (TPSA) is 37.8 Å². The van der Waals surface area contributed by atoms with E-state index in [2.05, 4.69) is 15.3 Å². The molecule has 3 nitrogen and oxygen atoms in total. The number of aryl methyl sites for hydroxylation is 1. The first kappa shape index (κ1) is 10.2. The summed E-state index contributed by atoms with van der Waals surface area (Å²) in [6.07, 6.45) is 2.12. The predicted octanol–water partition coefficient (Wildman–Crippen LogP) is 1.96. The van der Waals surface area contributed by atoms with Gasteiger partial charge in [0.2, 0.25) is 0 Å². The van der Waals surface area contributed by atoms with E-state index in [0.29, 0.717) is 18.1 Å². The lowest BCUT2D eigenvalue weighted by molar-refractivity contribution is 0.604. The Bertz CT molecular complexity index is 280. The summed E-state index contributed by atoms with van der Waals surface area (Å²) in [6.45, 7) is 2.22. The Balaban J connectivity index is 2.61. The summed E-state index contributed by atoms with van der Waals surface area (Å²) in [6, 6.07) is 0. The molecule has 1 aromatic rings. The number of nitrogens with one attached hydrogen (secondary N) is 1. The van der Waals surface area contributed by atoms with Gasteiger partial charge < -0.3 is 5.32 Å². The van der Waals surface area contributed by atoms with Crippen LogP contribution in [-0.4, -0.2) is 22.4 Å². The molecule has 0 saturated heterocycles. The molecule has 1 aromatic heterocycles. The molecule has 0 atom stereocenters. The van der Waals surface area contributed by atoms with Crippen molar-refractivity contribution in [3.63, 3.8) is 0 Å². The maximum absolute atomic E-state index is 13.2. The van der Waals surface area contributed by atoms with E-state index in [-0.39, 0.29) is 5.82 Å². The molecule has 0 amide bonds. The van der Waals surface area contributed by atoms with E-state index < -0.39 is 5.82 Å². The Morgan fingerprint density at radius 3 is 3.00 bits per heavy atom. The van der Waals surface area contributed by atoms with E-state index in [1.54, 1.807) is 6.92 Å². The van der Waals surface area contributed by atoms with Crippen molar-refractivity contribution in [1.82, 2.24) is 9.97 Å². The zero-order chi connectivity index (χ0) is 9.68. The number of alkyl halides is 1. The molecule has 0 aliphatic heterocycles. The number of anilines is 1. The van der Waals surface area contributed by atoms with Crippen LogP contribution in [0.2, 0.25) is 0 Å². The zero-order valence-corrected chi connectivity index (χ0v) is 8.10. The summed E-state index contributed by atoms with van der Waals surface area (Å²) >= 11 is 5.47. The Labute approximate surface area is 81.3 Å². The van der Waals surface area contributed by atoms with Gasteiger partial charge in [-0.05, 0) is 13.3 Å². The van der Waals surface area contributed by atoms with Crippen molar-refractivity contribution in [3.8, 4) is 0 Å². The first-order chi connectivity index (χ1) is 6.25. The molecule has 0 bridgehead atoms. The van der Waals surface area contributed by atoms with E-state index in [1.165, 1.54) is 6.33 Å². The van der Waals surface area contributed by atoms with Crippen LogP contribution in [0.25, 0.3) is 0 Å². The van der Waals surface area contributed by atoms with Crippen LogP contribution >= 0.6 is 11.6 Å². The van der Waals surface area contributed by atoms with Crippen molar-refractivity contribution in [2.75, 3.05) is 17.7 Å². The molecule has 1 rings (SSSR count). The van der Waals surface area contributed by atoms with Gasteiger partial charge in [-0.1, -0.05) is 0 Å². The Morgan fingerprint density at radius 1 is 1.54 bits per heavy atom. The molecule has 0 aliphatic carbocycles. The third-order valence-electron chi connectivity index (χ3n) is 1.57. The second kappa shape index (κ2) is 4.97. The van der Waals surface area contributed by atoms with Gasteiger partial charge >= 0.3 is 0 Å². The van der Waals surface area contributed by atoms with Crippen LogP contribution < -0.4 is 5.32 Å². The minimum Gasteiger partial charge on any atom is -0.367 e. The van der Waals surface area contributed by atoms with E-state index in [1.807, 2.05) is 0 Å². The van der Waals surface area contributed by atoms with Crippen LogP contribution in [0.1, 0.15) is 12.1 Å². The zero-order valence-electron chi connectivity index (χ0n) is 7.35. The van der Waals surface area contributed by atoms with Gasteiger partial charge in [0.15, 0.2) is 11.6 Å². The summed E-state index contributed by atoms with van der Waals surface area (Å²) in [5.74, 6) is 0.410. The van der Waals surface area contributed by atoms with Crippen molar-refractivity contribution in [2.45, 2.75) is 13.3 Å². The Hall–Kier alpha value is -0.900. The van der Waals surface area contributed by atoms with Crippen molar-refractivity contribution >= 4 is 17.4 Å². The number of halogens is 2. The highest BCUT2D eigenvalue weighted by molar-refractivity contribution is 6.17. The number of nitrogens with zero attached hydrogens (tertiary/aromatic N) is 2. The number of hydrogen-bond acceptors (Lipinski definition) is 3. The second-order valence-corrected chi connectivity index (χ2v) is 2.97. The maximum atomic E-state index is 13.2. The average Bonchev–Trinajstić information content (AvgIpc) is 2.13. The highest BCUT2D eigenvalue weighted by atomic mass is 35.5. The van der Waals surface area contributed by atoms with Gasteiger partial charge in [-0.15, -0.1) is 11.6 Å². The van der Waals surface area contributed by atoms with E-state index in [9.17, 15) is 4.39 Å². The smallest absolute Gasteiger partial charge is 0.186 e. The minimum absolute atomic E-state index is 0.248. The van der Waals surface area contributed by atoms with Crippen LogP contribution in [-0.2, 0) is 0 Å². The fourth-order valence-electron chi connectivity index (χ4n) is 0.855. The molecule has 13 heavy (non-hydrogen) atoms. The minimum atomic E-state index is -0.392. The van der Waals surface area contributed by atoms with Gasteiger partial charge in [0.05, 0.1) is 5.69 Å². The van der Waals surface area contributed by atoms with Gasteiger partial charge in [0, 0.05) is 12.4 Å². The SMILES string of the molecule is Cc1ncnc(NCCCCl)c1F. The van der Waals surface area contributed by atoms with E-state index >= 15 is 0 Å². The van der Waals surface area contributed by atoms with Gasteiger partial charge in [0.25, 0.3) is 0 Å². The standard InChI is InChI=1S/C8H11ClFN3/c1-6-7(10)8(13-5-12-6)11-4-2-3-9/h5H,2-4H2,1H3,(H,11,12,13). The van der Waals surface area contributed by atoms with Crippen LogP contribution in [0.4, 0.5) is 10.2 Å². The number of aromatic nitrogens is 2. The molecular formula is C8H11ClFN3. The Morgan fingerprint density at radius 2 is 2.31 bits per heavy atom. The van der Waals surface area contributed by atoms with Gasteiger partial charge in [-0.2, -0.15) is 0 Å². The number of rotatable bonds is 4. The predicted molar refractivity (Wildman–Crippen MR) is 50.6 cm³/mol. The lowest BCUT2D eigenvalue weighted by Crippen LogP contribution is -2.07. The average molecular weight is 204 g/mol. The molecule has 0 unspecified atom stereocenters. The van der Waals surface area contributed by atoms with Crippen LogP contribution in [0, 0.1) is 12.7 Å². The maximum Gasteiger partial charge on any atom is 0.186 e. The summed E-state index contributed by atoms with van der Waals surface area (Å²) in [5.41, 5.74) is 0.350. The van der Waals surface area contributed by atoms with E-state index in [4.69, 9.17) is 11.6 Å². The second-order valence-electron chi connectivity index (χ2n) is 2.59. The lowest BCUT2D eigenvalue weighted by atomic mass is 10.4. The largest absolute Gasteiger partial charge is 0.367 e. The van der Waals surface area contributed by atoms with Crippen LogP contribution in [0.15, 0.2) is 6.33 Å². The number of hydrogen-bond donors (Lipinski definition) is 1. The van der Waals surface area contributed by atoms with Crippen molar-refractivity contribution in [2.24, 2.45) is 0 Å². The molecule has 0 saturated carbocycles. The van der Waals surface area contributed by atoms with Crippen LogP contribution in [0.5, 0.6) is 0 Å². The summed E-state index contributed by atoms with van der Waals surface area (Å²) in [7, 11) is 0. The highest BCUT2D eigenvalue weighted by Gasteiger charge is 2.05. The fraction of sp³-hybridized carbons (Fsp3) is 0.500. The van der Waals surface area contributed by atoms with E-state index in [0.717, 1.165) is 6.42 Å². The fourth-order valence-corrected chi connectivity index (χ4v) is 0.988. The molecule has 72 valence electrons. The first-order valence-corrected chi connectivity index (χ1v) is 4.56. The molecule has 0 radical (unpaired) electrons. The van der Waals surface area contributed by atoms with Gasteiger partial charge in [-0.3, -0.25) is 0 Å². The first-order valence-electron chi connectivity index (χ1n) is 4.02. The quantitative estimate of drug-likeness (QED) is 0.601. The third kappa shape index (κ3) is 2.81. The van der Waals surface area contributed by atoms with Gasteiger partial charge in [0.1, 0.15) is 6.33 Å². The Kier molecular flexibility index (Phi) is 3.89. The van der Waals surface area contributed by atoms with Crippen molar-refractivity contribution < 1.29 is 4.39 Å². The highest BCUT2D eigenvalue weighted by Crippen LogP contribution is 2.11. The molecule has 1 N–H and O–H groups in total. The monoisotopic (exact) mass is 203 g/mol. The normalized spacial score (nSPS) is 10.1. The van der Waals surface area contributed by atoms with Crippen LogP contribution in [0.3, 0.4) is 0 Å². The molecule has 1 heterocycles. The van der Waals surface area contributed by atoms with Crippen molar-refractivity contribution in [1.29, 1.82) is 0 Å². The molecule has 0 aromatic carbocycles.